The van der Waals surface area contributed by atoms with Crippen molar-refractivity contribution in [3.8, 4) is 0 Å². The predicted octanol–water partition coefficient (Wildman–Crippen LogP) is 4.00. The third-order valence-corrected chi connectivity index (χ3v) is 5.34. The summed E-state index contributed by atoms with van der Waals surface area (Å²) in [7, 11) is 0. The number of rotatable bonds is 5. The van der Waals surface area contributed by atoms with Gasteiger partial charge in [-0.1, -0.05) is 43.3 Å². The molecule has 0 aliphatic carbocycles. The number of nitrogens with zero attached hydrogens (tertiary/aromatic N) is 3. The number of piperidine rings is 1. The van der Waals surface area contributed by atoms with E-state index in [0.29, 0.717) is 23.9 Å². The van der Waals surface area contributed by atoms with Crippen LogP contribution in [0.5, 0.6) is 0 Å². The highest BCUT2D eigenvalue weighted by molar-refractivity contribution is 5.96. The Morgan fingerprint density at radius 1 is 1.04 bits per heavy atom. The van der Waals surface area contributed by atoms with Gasteiger partial charge in [0.2, 0.25) is 0 Å². The van der Waals surface area contributed by atoms with E-state index in [1.807, 2.05) is 49.1 Å². The minimum atomic E-state index is -0.152. The number of amides is 2. The summed E-state index contributed by atoms with van der Waals surface area (Å²) in [5.41, 5.74) is 1.74. The Labute approximate surface area is 167 Å². The fraction of sp³-hybridized carbons (Fsp3) is 0.435. The zero-order valence-corrected chi connectivity index (χ0v) is 17.0. The number of likely N-dealkylation sites (tertiary alicyclic amines) is 1. The maximum absolute atomic E-state index is 13.1. The van der Waals surface area contributed by atoms with Gasteiger partial charge in [0.15, 0.2) is 0 Å². The van der Waals surface area contributed by atoms with Gasteiger partial charge < -0.3 is 9.80 Å². The molecule has 0 N–H and O–H groups in total. The van der Waals surface area contributed by atoms with E-state index in [9.17, 15) is 9.59 Å². The first-order valence-corrected chi connectivity index (χ1v) is 10.1. The Balaban J connectivity index is 1.77. The summed E-state index contributed by atoms with van der Waals surface area (Å²) in [5.74, 6) is 0.420. The third kappa shape index (κ3) is 4.77. The Morgan fingerprint density at radius 3 is 2.32 bits per heavy atom. The predicted molar refractivity (Wildman–Crippen MR) is 110 cm³/mol. The van der Waals surface area contributed by atoms with Crippen LogP contribution in [-0.2, 0) is 6.54 Å². The summed E-state index contributed by atoms with van der Waals surface area (Å²) in [5, 5.41) is 0. The molecule has 0 spiro atoms. The van der Waals surface area contributed by atoms with E-state index in [0.717, 1.165) is 31.5 Å². The number of carbonyl (C=O) groups excluding carboxylic acids is 2. The third-order valence-electron chi connectivity index (χ3n) is 5.34. The number of benzene rings is 1. The SMILES string of the molecule is CC1CCN(C(=O)c2cccc(C(=O)N(Cc3ccccc3)C(C)C)n2)CC1. The van der Waals surface area contributed by atoms with E-state index in [1.54, 1.807) is 23.1 Å². The fourth-order valence-corrected chi connectivity index (χ4v) is 3.46. The van der Waals surface area contributed by atoms with Crippen LogP contribution >= 0.6 is 0 Å². The van der Waals surface area contributed by atoms with Gasteiger partial charge in [0.25, 0.3) is 11.8 Å². The quantitative estimate of drug-likeness (QED) is 0.789. The lowest BCUT2D eigenvalue weighted by atomic mass is 9.99. The van der Waals surface area contributed by atoms with Crippen molar-refractivity contribution in [1.29, 1.82) is 0 Å². The topological polar surface area (TPSA) is 53.5 Å². The second-order valence-electron chi connectivity index (χ2n) is 7.90. The summed E-state index contributed by atoms with van der Waals surface area (Å²) in [6.45, 7) is 8.22. The summed E-state index contributed by atoms with van der Waals surface area (Å²) >= 11 is 0. The second-order valence-corrected chi connectivity index (χ2v) is 7.90. The summed E-state index contributed by atoms with van der Waals surface area (Å²) in [4.78, 5) is 34.0. The fourth-order valence-electron chi connectivity index (χ4n) is 3.46. The lowest BCUT2D eigenvalue weighted by molar-refractivity contribution is 0.0679. The maximum atomic E-state index is 13.1. The van der Waals surface area contributed by atoms with Crippen molar-refractivity contribution < 1.29 is 9.59 Å². The molecule has 0 unspecified atom stereocenters. The van der Waals surface area contributed by atoms with Crippen molar-refractivity contribution in [3.63, 3.8) is 0 Å². The zero-order chi connectivity index (χ0) is 20.1. The molecular formula is C23H29N3O2. The lowest BCUT2D eigenvalue weighted by Crippen LogP contribution is -2.39. The molecule has 2 heterocycles. The van der Waals surface area contributed by atoms with Crippen LogP contribution in [0.3, 0.4) is 0 Å². The Morgan fingerprint density at radius 2 is 1.68 bits per heavy atom. The van der Waals surface area contributed by atoms with Gasteiger partial charge >= 0.3 is 0 Å². The highest BCUT2D eigenvalue weighted by atomic mass is 16.2. The molecule has 2 aromatic rings. The van der Waals surface area contributed by atoms with Crippen LogP contribution in [0, 0.1) is 5.92 Å². The number of pyridine rings is 1. The maximum Gasteiger partial charge on any atom is 0.273 e. The molecule has 0 bridgehead atoms. The largest absolute Gasteiger partial charge is 0.337 e. The molecule has 1 aromatic carbocycles. The molecule has 1 fully saturated rings. The standard InChI is InChI=1S/C23H29N3O2/c1-17(2)26(16-19-8-5-4-6-9-19)23(28)21-11-7-10-20(24-21)22(27)25-14-12-18(3)13-15-25/h4-11,17-18H,12-16H2,1-3H3. The molecule has 1 aromatic heterocycles. The minimum absolute atomic E-state index is 0.0254. The average Bonchev–Trinajstić information content (AvgIpc) is 2.72. The smallest absolute Gasteiger partial charge is 0.273 e. The van der Waals surface area contributed by atoms with Crippen molar-refractivity contribution >= 4 is 11.8 Å². The van der Waals surface area contributed by atoms with Gasteiger partial charge in [-0.3, -0.25) is 9.59 Å². The van der Waals surface area contributed by atoms with Crippen LogP contribution in [0.25, 0.3) is 0 Å². The molecule has 28 heavy (non-hydrogen) atoms. The van der Waals surface area contributed by atoms with E-state index in [-0.39, 0.29) is 17.9 Å². The van der Waals surface area contributed by atoms with E-state index >= 15 is 0 Å². The normalized spacial score (nSPS) is 14.9. The Kier molecular flexibility index (Phi) is 6.45. The van der Waals surface area contributed by atoms with Crippen molar-refractivity contribution in [1.82, 2.24) is 14.8 Å². The average molecular weight is 380 g/mol. The first-order valence-electron chi connectivity index (χ1n) is 10.1. The molecule has 0 saturated carbocycles. The molecule has 1 aliphatic heterocycles. The van der Waals surface area contributed by atoms with E-state index in [2.05, 4.69) is 11.9 Å². The Hall–Kier alpha value is -2.69. The van der Waals surface area contributed by atoms with Gasteiger partial charge in [-0.05, 0) is 50.3 Å². The molecule has 1 aliphatic rings. The number of aromatic nitrogens is 1. The summed E-state index contributed by atoms with van der Waals surface area (Å²) in [6, 6.07) is 15.1. The van der Waals surface area contributed by atoms with Crippen molar-refractivity contribution in [2.24, 2.45) is 5.92 Å². The summed E-state index contributed by atoms with van der Waals surface area (Å²) in [6.07, 6.45) is 2.03. The van der Waals surface area contributed by atoms with Crippen LogP contribution in [0.15, 0.2) is 48.5 Å². The summed E-state index contributed by atoms with van der Waals surface area (Å²) < 4.78 is 0. The first kappa shape index (κ1) is 20.1. The van der Waals surface area contributed by atoms with Crippen LogP contribution in [0.1, 0.15) is 60.2 Å². The highest BCUT2D eigenvalue weighted by Gasteiger charge is 2.25. The van der Waals surface area contributed by atoms with Gasteiger partial charge in [-0.15, -0.1) is 0 Å². The number of carbonyl (C=O) groups is 2. The zero-order valence-electron chi connectivity index (χ0n) is 17.0. The van der Waals surface area contributed by atoms with Gasteiger partial charge in [0, 0.05) is 25.7 Å². The van der Waals surface area contributed by atoms with Crippen molar-refractivity contribution in [3.05, 3.63) is 65.5 Å². The number of hydrogen-bond donors (Lipinski definition) is 0. The van der Waals surface area contributed by atoms with Gasteiger partial charge in [0.05, 0.1) is 0 Å². The molecule has 2 amide bonds. The van der Waals surface area contributed by atoms with Crippen LogP contribution in [0.4, 0.5) is 0 Å². The van der Waals surface area contributed by atoms with E-state index in [4.69, 9.17) is 0 Å². The molecule has 148 valence electrons. The minimum Gasteiger partial charge on any atom is -0.337 e. The molecule has 5 nitrogen and oxygen atoms in total. The van der Waals surface area contributed by atoms with Crippen molar-refractivity contribution in [2.75, 3.05) is 13.1 Å². The van der Waals surface area contributed by atoms with Gasteiger partial charge in [-0.25, -0.2) is 4.98 Å². The van der Waals surface area contributed by atoms with Crippen LogP contribution in [-0.4, -0.2) is 45.7 Å². The second kappa shape index (κ2) is 9.00. The Bertz CT molecular complexity index is 812. The molecule has 0 radical (unpaired) electrons. The van der Waals surface area contributed by atoms with Crippen molar-refractivity contribution in [2.45, 2.75) is 46.2 Å². The van der Waals surface area contributed by atoms with E-state index in [1.165, 1.54) is 0 Å². The van der Waals surface area contributed by atoms with Crippen LogP contribution < -0.4 is 0 Å². The molecule has 5 heteroatoms. The van der Waals surface area contributed by atoms with Crippen LogP contribution in [0.2, 0.25) is 0 Å². The molecule has 1 saturated heterocycles. The highest BCUT2D eigenvalue weighted by Crippen LogP contribution is 2.18. The number of hydrogen-bond acceptors (Lipinski definition) is 3. The monoisotopic (exact) mass is 379 g/mol. The lowest BCUT2D eigenvalue weighted by Gasteiger charge is -2.30. The first-order chi connectivity index (χ1) is 13.5. The van der Waals surface area contributed by atoms with Gasteiger partial charge in [-0.2, -0.15) is 0 Å². The van der Waals surface area contributed by atoms with E-state index < -0.39 is 0 Å². The van der Waals surface area contributed by atoms with Gasteiger partial charge in [0.1, 0.15) is 11.4 Å². The molecular weight excluding hydrogens is 350 g/mol. The molecule has 0 atom stereocenters. The molecule has 3 rings (SSSR count).